The third-order valence-corrected chi connectivity index (χ3v) is 20.0. The molecule has 0 radical (unpaired) electrons. The van der Waals surface area contributed by atoms with Gasteiger partial charge in [0.1, 0.15) is 6.79 Å². The minimum Gasteiger partial charge on any atom is -0.417 e. The van der Waals surface area contributed by atoms with Crippen molar-refractivity contribution in [2.75, 3.05) is 27.1 Å². The number of aliphatic hydroxyl groups excluding tert-OH is 1. The van der Waals surface area contributed by atoms with Crippen molar-refractivity contribution in [3.8, 4) is 0 Å². The number of rotatable bonds is 13. The summed E-state index contributed by atoms with van der Waals surface area (Å²) >= 11 is 0. The number of fused-ring (bicyclic) bond motifs is 1. The third kappa shape index (κ3) is 7.68. The zero-order valence-electron chi connectivity index (χ0n) is 28.8. The van der Waals surface area contributed by atoms with Crippen LogP contribution in [0, 0.1) is 11.8 Å². The standard InChI is InChI=1S/C37H58O5Si2/c1-36(2,3)43(8,9)42-26-28-23-29-25-33(38)32(35(29)34(24-28)40-27-39-7)21-16-22-41-44(37(4,5)6,30-17-12-10-13-18-30)31-19-14-11-15-20-31/h10-15,17-20,28-29,33-34,38H,16,21-27H2,1-9H3/t28?,29?,33-,34?/m0/s1. The number of ether oxygens (including phenoxy) is 2. The smallest absolute Gasteiger partial charge is 0.261 e. The molecule has 44 heavy (non-hydrogen) atoms. The molecule has 2 aliphatic carbocycles. The van der Waals surface area contributed by atoms with Crippen LogP contribution in [0.4, 0.5) is 0 Å². The minimum absolute atomic E-state index is 0.0357. The quantitative estimate of drug-likeness (QED) is 0.107. The number of hydrogen-bond acceptors (Lipinski definition) is 5. The second kappa shape index (κ2) is 14.5. The number of methoxy groups -OCH3 is 1. The highest BCUT2D eigenvalue weighted by atomic mass is 28.4. The molecule has 0 spiro atoms. The van der Waals surface area contributed by atoms with Crippen molar-refractivity contribution in [2.24, 2.45) is 11.8 Å². The first-order valence-electron chi connectivity index (χ1n) is 16.6. The molecule has 3 unspecified atom stereocenters. The first kappa shape index (κ1) is 35.3. The van der Waals surface area contributed by atoms with Gasteiger partial charge in [-0.1, -0.05) is 102 Å². The molecule has 2 aromatic carbocycles. The maximum atomic E-state index is 11.4. The molecular formula is C37H58O5Si2. The summed E-state index contributed by atoms with van der Waals surface area (Å²) in [5.74, 6) is 0.756. The number of hydrogen-bond donors (Lipinski definition) is 1. The SMILES string of the molecule is COCOC1CC(CO[Si](C)(C)C(C)(C)C)CC2C[C@H](O)C(CCCO[Si](c3ccccc3)(c3ccccc3)C(C)(C)C)=C21. The van der Waals surface area contributed by atoms with E-state index in [4.69, 9.17) is 18.3 Å². The largest absolute Gasteiger partial charge is 0.417 e. The average molecular weight is 639 g/mol. The third-order valence-electron chi connectivity index (χ3n) is 10.4. The lowest BCUT2D eigenvalue weighted by atomic mass is 9.77. The van der Waals surface area contributed by atoms with E-state index in [9.17, 15) is 5.11 Å². The lowest BCUT2D eigenvalue weighted by Crippen LogP contribution is -2.66. The highest BCUT2D eigenvalue weighted by Crippen LogP contribution is 2.47. The van der Waals surface area contributed by atoms with Gasteiger partial charge in [-0.2, -0.15) is 0 Å². The summed E-state index contributed by atoms with van der Waals surface area (Å²) in [6.07, 6.45) is 3.98. The second-order valence-electron chi connectivity index (χ2n) is 15.5. The Bertz CT molecular complexity index is 1180. The van der Waals surface area contributed by atoms with Crippen LogP contribution < -0.4 is 10.4 Å². The normalized spacial score (nSPS) is 23.2. The lowest BCUT2D eigenvalue weighted by molar-refractivity contribution is -0.0768. The Balaban J connectivity index is 1.52. The predicted molar refractivity (Wildman–Crippen MR) is 187 cm³/mol. The van der Waals surface area contributed by atoms with Gasteiger partial charge in [0.15, 0.2) is 8.32 Å². The van der Waals surface area contributed by atoms with E-state index in [1.807, 2.05) is 0 Å². The fourth-order valence-electron chi connectivity index (χ4n) is 7.16. The minimum atomic E-state index is -2.59. The van der Waals surface area contributed by atoms with E-state index in [2.05, 4.69) is 115 Å². The van der Waals surface area contributed by atoms with Crippen LogP contribution in [0.5, 0.6) is 0 Å². The van der Waals surface area contributed by atoms with E-state index < -0.39 is 22.7 Å². The molecule has 5 nitrogen and oxygen atoms in total. The lowest BCUT2D eigenvalue weighted by Gasteiger charge is -2.43. The van der Waals surface area contributed by atoms with Crippen molar-refractivity contribution < 1.29 is 23.4 Å². The summed E-state index contributed by atoms with van der Waals surface area (Å²) in [5, 5.41) is 14.1. The molecule has 0 aromatic heterocycles. The Hall–Kier alpha value is -1.59. The Morgan fingerprint density at radius 3 is 1.91 bits per heavy atom. The summed E-state index contributed by atoms with van der Waals surface area (Å²) in [7, 11) is -2.74. The van der Waals surface area contributed by atoms with Gasteiger partial charge in [0, 0.05) is 20.3 Å². The van der Waals surface area contributed by atoms with Crippen LogP contribution in [0.2, 0.25) is 23.2 Å². The molecule has 1 fully saturated rings. The molecule has 1 N–H and O–H groups in total. The van der Waals surface area contributed by atoms with E-state index in [1.54, 1.807) is 7.11 Å². The van der Waals surface area contributed by atoms with Crippen LogP contribution in [-0.2, 0) is 18.3 Å². The molecule has 2 aliphatic rings. The second-order valence-corrected chi connectivity index (χ2v) is 24.6. The molecule has 2 aromatic rings. The van der Waals surface area contributed by atoms with E-state index in [1.165, 1.54) is 21.5 Å². The van der Waals surface area contributed by atoms with E-state index in [0.29, 0.717) is 18.4 Å². The summed E-state index contributed by atoms with van der Waals surface area (Å²) in [5.41, 5.74) is 2.49. The Labute approximate surface area is 269 Å². The predicted octanol–water partition coefficient (Wildman–Crippen LogP) is 7.44. The van der Waals surface area contributed by atoms with Crippen molar-refractivity contribution >= 4 is 27.0 Å². The van der Waals surface area contributed by atoms with Gasteiger partial charge in [-0.25, -0.2) is 0 Å². The van der Waals surface area contributed by atoms with Gasteiger partial charge >= 0.3 is 0 Å². The van der Waals surface area contributed by atoms with Crippen LogP contribution >= 0.6 is 0 Å². The van der Waals surface area contributed by atoms with Gasteiger partial charge in [0.25, 0.3) is 8.32 Å². The molecular weight excluding hydrogens is 581 g/mol. The van der Waals surface area contributed by atoms with Crippen molar-refractivity contribution in [2.45, 2.75) is 109 Å². The molecule has 0 heterocycles. The summed E-state index contributed by atoms with van der Waals surface area (Å²) in [6, 6.07) is 21.6. The number of aliphatic hydroxyl groups is 1. The van der Waals surface area contributed by atoms with Crippen LogP contribution in [0.25, 0.3) is 0 Å². The van der Waals surface area contributed by atoms with Gasteiger partial charge in [-0.15, -0.1) is 0 Å². The maximum Gasteiger partial charge on any atom is 0.261 e. The summed E-state index contributed by atoms with van der Waals surface area (Å²) < 4.78 is 25.5. The molecule has 0 amide bonds. The van der Waals surface area contributed by atoms with Crippen molar-refractivity contribution in [1.29, 1.82) is 0 Å². The molecule has 1 saturated carbocycles. The van der Waals surface area contributed by atoms with Crippen molar-refractivity contribution in [3.05, 3.63) is 71.8 Å². The Morgan fingerprint density at radius 2 is 1.39 bits per heavy atom. The Kier molecular flexibility index (Phi) is 11.6. The fourth-order valence-corrected chi connectivity index (χ4v) is 12.9. The van der Waals surface area contributed by atoms with Gasteiger partial charge < -0.3 is 23.4 Å². The van der Waals surface area contributed by atoms with Crippen molar-refractivity contribution in [3.63, 3.8) is 0 Å². The highest BCUT2D eigenvalue weighted by Gasteiger charge is 2.50. The molecule has 7 heteroatoms. The zero-order chi connectivity index (χ0) is 32.2. The maximum absolute atomic E-state index is 11.4. The van der Waals surface area contributed by atoms with Crippen LogP contribution in [0.15, 0.2) is 71.8 Å². The molecule has 0 aliphatic heterocycles. The van der Waals surface area contributed by atoms with Crippen LogP contribution in [0.1, 0.15) is 73.6 Å². The van der Waals surface area contributed by atoms with Gasteiger partial charge in [-0.3, -0.25) is 0 Å². The molecule has 244 valence electrons. The molecule has 4 atom stereocenters. The van der Waals surface area contributed by atoms with E-state index in [0.717, 1.165) is 38.7 Å². The molecule has 4 rings (SSSR count). The topological polar surface area (TPSA) is 57.2 Å². The van der Waals surface area contributed by atoms with Crippen molar-refractivity contribution in [1.82, 2.24) is 0 Å². The highest BCUT2D eigenvalue weighted by molar-refractivity contribution is 6.99. The monoisotopic (exact) mass is 638 g/mol. The first-order chi connectivity index (χ1) is 20.7. The molecule has 0 saturated heterocycles. The average Bonchev–Trinajstić information content (AvgIpc) is 3.29. The van der Waals surface area contributed by atoms with Gasteiger partial charge in [-0.05, 0) is 88.6 Å². The fraction of sp³-hybridized carbons (Fsp3) is 0.622. The van der Waals surface area contributed by atoms with Gasteiger partial charge in [0.2, 0.25) is 0 Å². The van der Waals surface area contributed by atoms with Crippen LogP contribution in [0.3, 0.4) is 0 Å². The molecule has 0 bridgehead atoms. The number of benzene rings is 2. The van der Waals surface area contributed by atoms with E-state index >= 15 is 0 Å². The summed E-state index contributed by atoms with van der Waals surface area (Å²) in [6.45, 7) is 20.2. The van der Waals surface area contributed by atoms with Crippen LogP contribution in [-0.4, -0.2) is 61.1 Å². The Morgan fingerprint density at radius 1 is 0.795 bits per heavy atom. The first-order valence-corrected chi connectivity index (χ1v) is 21.4. The van der Waals surface area contributed by atoms with Gasteiger partial charge in [0.05, 0.1) is 12.2 Å². The zero-order valence-corrected chi connectivity index (χ0v) is 30.8. The van der Waals surface area contributed by atoms with E-state index in [-0.39, 0.29) is 23.0 Å². The summed E-state index contributed by atoms with van der Waals surface area (Å²) in [4.78, 5) is 0.